The lowest BCUT2D eigenvalue weighted by Gasteiger charge is -1.97. The molecular weight excluding hydrogens is 232 g/mol. The van der Waals surface area contributed by atoms with E-state index >= 15 is 0 Å². The summed E-state index contributed by atoms with van der Waals surface area (Å²) in [6.07, 6.45) is 1.35. The predicted molar refractivity (Wildman–Crippen MR) is 66.2 cm³/mol. The molecule has 0 fully saturated rings. The number of phenols is 1. The minimum absolute atomic E-state index is 0.131. The van der Waals surface area contributed by atoms with E-state index in [4.69, 9.17) is 0 Å². The van der Waals surface area contributed by atoms with Crippen LogP contribution in [0.1, 0.15) is 0 Å². The molecule has 0 aliphatic carbocycles. The van der Waals surface area contributed by atoms with Crippen LogP contribution in [0.5, 0.6) is 5.75 Å². The van der Waals surface area contributed by atoms with Crippen molar-refractivity contribution < 1.29 is 5.11 Å². The van der Waals surface area contributed by atoms with Gasteiger partial charge in [-0.1, -0.05) is 12.1 Å². The molecule has 2 heterocycles. The van der Waals surface area contributed by atoms with Crippen LogP contribution in [0, 0.1) is 0 Å². The van der Waals surface area contributed by atoms with Crippen LogP contribution in [-0.2, 0) is 7.05 Å². The number of hydrogen-bond donors (Lipinski definition) is 2. The summed E-state index contributed by atoms with van der Waals surface area (Å²) in [6, 6.07) is 6.62. The minimum Gasteiger partial charge on any atom is -0.508 e. The Balaban J connectivity index is 2.40. The van der Waals surface area contributed by atoms with Crippen molar-refractivity contribution in [1.29, 1.82) is 0 Å². The number of aromatic hydroxyl groups is 1. The highest BCUT2D eigenvalue weighted by Gasteiger charge is 2.14. The molecule has 0 aliphatic rings. The fraction of sp³-hybridized carbons (Fsp3) is 0.0833. The molecular formula is C12H10N4O2. The lowest BCUT2D eigenvalue weighted by atomic mass is 10.1. The molecule has 0 bridgehead atoms. The van der Waals surface area contributed by atoms with Crippen molar-refractivity contribution in [2.45, 2.75) is 0 Å². The molecule has 0 amide bonds. The number of aryl methyl sites for hydroxylation is 1. The van der Waals surface area contributed by atoms with Crippen molar-refractivity contribution in [3.8, 4) is 17.0 Å². The molecule has 18 heavy (non-hydrogen) atoms. The molecule has 1 aromatic carbocycles. The van der Waals surface area contributed by atoms with Gasteiger partial charge in [0.05, 0.1) is 6.33 Å². The van der Waals surface area contributed by atoms with Gasteiger partial charge < -0.3 is 10.1 Å². The van der Waals surface area contributed by atoms with E-state index in [1.165, 1.54) is 6.33 Å². The van der Waals surface area contributed by atoms with Crippen LogP contribution in [0.4, 0.5) is 0 Å². The van der Waals surface area contributed by atoms with Crippen LogP contribution >= 0.6 is 0 Å². The summed E-state index contributed by atoms with van der Waals surface area (Å²) in [4.78, 5) is 18.5. The number of nitrogens with one attached hydrogen (secondary N) is 1. The first-order valence-corrected chi connectivity index (χ1v) is 5.36. The van der Waals surface area contributed by atoms with Crippen LogP contribution in [-0.4, -0.2) is 24.9 Å². The Morgan fingerprint density at radius 1 is 1.39 bits per heavy atom. The third kappa shape index (κ3) is 1.46. The quantitative estimate of drug-likeness (QED) is 0.667. The number of hydrogen-bond acceptors (Lipinski definition) is 4. The van der Waals surface area contributed by atoms with Gasteiger partial charge in [0, 0.05) is 12.6 Å². The molecule has 0 unspecified atom stereocenters. The summed E-state index contributed by atoms with van der Waals surface area (Å²) in [6.45, 7) is 0. The Morgan fingerprint density at radius 2 is 2.22 bits per heavy atom. The van der Waals surface area contributed by atoms with Crippen LogP contribution in [0.3, 0.4) is 0 Å². The molecule has 2 N–H and O–H groups in total. The SMILES string of the molecule is Cn1nc(-c2cccc(O)c2)c2c(=O)[nH]cnc21. The van der Waals surface area contributed by atoms with E-state index in [0.717, 1.165) is 0 Å². The van der Waals surface area contributed by atoms with Gasteiger partial charge in [-0.15, -0.1) is 0 Å². The molecule has 0 saturated heterocycles. The molecule has 0 radical (unpaired) electrons. The maximum absolute atomic E-state index is 11.9. The zero-order chi connectivity index (χ0) is 12.7. The van der Waals surface area contributed by atoms with Crippen LogP contribution in [0.25, 0.3) is 22.3 Å². The van der Waals surface area contributed by atoms with Crippen molar-refractivity contribution in [1.82, 2.24) is 19.7 Å². The van der Waals surface area contributed by atoms with Gasteiger partial charge in [0.25, 0.3) is 5.56 Å². The van der Waals surface area contributed by atoms with E-state index in [2.05, 4.69) is 15.1 Å². The number of phenolic OH excluding ortho intramolecular Hbond substituents is 1. The zero-order valence-electron chi connectivity index (χ0n) is 9.58. The zero-order valence-corrected chi connectivity index (χ0v) is 9.58. The van der Waals surface area contributed by atoms with Gasteiger partial charge in [-0.3, -0.25) is 4.79 Å². The number of aromatic amines is 1. The fourth-order valence-corrected chi connectivity index (χ4v) is 1.95. The molecule has 0 saturated carbocycles. The highest BCUT2D eigenvalue weighted by atomic mass is 16.3. The molecule has 0 atom stereocenters. The largest absolute Gasteiger partial charge is 0.508 e. The highest BCUT2D eigenvalue weighted by Crippen LogP contribution is 2.26. The normalized spacial score (nSPS) is 10.9. The van der Waals surface area contributed by atoms with Gasteiger partial charge in [-0.05, 0) is 12.1 Å². The van der Waals surface area contributed by atoms with Crippen molar-refractivity contribution in [2.75, 3.05) is 0 Å². The smallest absolute Gasteiger partial charge is 0.262 e. The van der Waals surface area contributed by atoms with Crippen molar-refractivity contribution in [3.05, 3.63) is 40.9 Å². The molecule has 90 valence electrons. The molecule has 6 nitrogen and oxygen atoms in total. The van der Waals surface area contributed by atoms with Crippen molar-refractivity contribution in [2.24, 2.45) is 7.05 Å². The molecule has 2 aromatic heterocycles. The van der Waals surface area contributed by atoms with E-state index in [9.17, 15) is 9.90 Å². The highest BCUT2D eigenvalue weighted by molar-refractivity contribution is 5.90. The minimum atomic E-state index is -0.244. The number of fused-ring (bicyclic) bond motifs is 1. The third-order valence-corrected chi connectivity index (χ3v) is 2.75. The lowest BCUT2D eigenvalue weighted by Crippen LogP contribution is -2.06. The second-order valence-corrected chi connectivity index (χ2v) is 3.95. The summed E-state index contributed by atoms with van der Waals surface area (Å²) in [5, 5.41) is 14.2. The number of nitrogens with zero attached hydrogens (tertiary/aromatic N) is 3. The standard InChI is InChI=1S/C12H10N4O2/c1-16-11-9(12(18)14-6-13-11)10(15-16)7-3-2-4-8(17)5-7/h2-6,17H,1H3,(H,13,14,18). The molecule has 3 rings (SSSR count). The molecule has 0 spiro atoms. The average molecular weight is 242 g/mol. The second kappa shape index (κ2) is 3.69. The molecule has 3 aromatic rings. The average Bonchev–Trinajstić information content (AvgIpc) is 2.69. The number of H-pyrrole nitrogens is 1. The molecule has 0 aliphatic heterocycles. The van der Waals surface area contributed by atoms with E-state index < -0.39 is 0 Å². The van der Waals surface area contributed by atoms with E-state index in [-0.39, 0.29) is 11.3 Å². The van der Waals surface area contributed by atoms with Gasteiger partial charge in [-0.2, -0.15) is 5.10 Å². The topological polar surface area (TPSA) is 83.8 Å². The third-order valence-electron chi connectivity index (χ3n) is 2.75. The lowest BCUT2D eigenvalue weighted by molar-refractivity contribution is 0.475. The second-order valence-electron chi connectivity index (χ2n) is 3.95. The van der Waals surface area contributed by atoms with Gasteiger partial charge >= 0.3 is 0 Å². The van der Waals surface area contributed by atoms with Gasteiger partial charge in [-0.25, -0.2) is 9.67 Å². The van der Waals surface area contributed by atoms with Crippen LogP contribution < -0.4 is 5.56 Å². The molecule has 6 heteroatoms. The Labute approximate surface area is 102 Å². The van der Waals surface area contributed by atoms with E-state index in [1.54, 1.807) is 36.0 Å². The summed E-state index contributed by atoms with van der Waals surface area (Å²) in [7, 11) is 1.72. The number of benzene rings is 1. The summed E-state index contributed by atoms with van der Waals surface area (Å²) >= 11 is 0. The fourth-order valence-electron chi connectivity index (χ4n) is 1.95. The van der Waals surface area contributed by atoms with Crippen LogP contribution in [0.2, 0.25) is 0 Å². The van der Waals surface area contributed by atoms with E-state index in [0.29, 0.717) is 22.3 Å². The first-order chi connectivity index (χ1) is 8.66. The number of rotatable bonds is 1. The monoisotopic (exact) mass is 242 g/mol. The predicted octanol–water partition coefficient (Wildman–Crippen LogP) is 1.03. The Hall–Kier alpha value is -2.63. The first-order valence-electron chi connectivity index (χ1n) is 5.36. The first kappa shape index (κ1) is 10.5. The van der Waals surface area contributed by atoms with Crippen molar-refractivity contribution in [3.63, 3.8) is 0 Å². The van der Waals surface area contributed by atoms with Crippen LogP contribution in [0.15, 0.2) is 35.4 Å². The number of aromatic nitrogens is 4. The Bertz CT molecular complexity index is 788. The maximum atomic E-state index is 11.9. The summed E-state index contributed by atoms with van der Waals surface area (Å²) in [5.41, 5.74) is 1.46. The van der Waals surface area contributed by atoms with Gasteiger partial charge in [0.15, 0.2) is 5.65 Å². The van der Waals surface area contributed by atoms with Crippen molar-refractivity contribution >= 4 is 11.0 Å². The Kier molecular flexibility index (Phi) is 2.16. The summed E-state index contributed by atoms with van der Waals surface area (Å²) in [5.74, 6) is 0.131. The Morgan fingerprint density at radius 3 is 3.00 bits per heavy atom. The van der Waals surface area contributed by atoms with E-state index in [1.807, 2.05) is 0 Å². The van der Waals surface area contributed by atoms with Gasteiger partial charge in [0.2, 0.25) is 0 Å². The summed E-state index contributed by atoms with van der Waals surface area (Å²) < 4.78 is 1.55. The maximum Gasteiger partial charge on any atom is 0.262 e. The van der Waals surface area contributed by atoms with Gasteiger partial charge in [0.1, 0.15) is 16.8 Å².